The number of fused-ring (bicyclic) bond motifs is 1. The first-order valence-electron chi connectivity index (χ1n) is 7.60. The van der Waals surface area contributed by atoms with E-state index in [9.17, 15) is 0 Å². The van der Waals surface area contributed by atoms with Gasteiger partial charge in [-0.25, -0.2) is 4.98 Å². The topological polar surface area (TPSA) is 27.1 Å². The van der Waals surface area contributed by atoms with Crippen LogP contribution in [0.4, 0.5) is 0 Å². The Morgan fingerprint density at radius 2 is 1.39 bits per heavy atom. The highest BCUT2D eigenvalue weighted by molar-refractivity contribution is 5.75. The summed E-state index contributed by atoms with van der Waals surface area (Å²) in [4.78, 5) is 4.49. The zero-order valence-corrected chi connectivity index (χ0v) is 12.5. The molecule has 0 spiro atoms. The van der Waals surface area contributed by atoms with Gasteiger partial charge in [-0.3, -0.25) is 4.57 Å². The van der Waals surface area contributed by atoms with E-state index in [1.54, 1.807) is 0 Å². The predicted molar refractivity (Wildman–Crippen MR) is 91.4 cm³/mol. The number of rotatable bonds is 4. The molecule has 0 N–H and O–H groups in total. The molecule has 0 fully saturated rings. The highest BCUT2D eigenvalue weighted by atomic mass is 16.5. The molecule has 0 saturated carbocycles. The third kappa shape index (κ3) is 2.69. The third-order valence-electron chi connectivity index (χ3n) is 3.81. The molecule has 3 aromatic carbocycles. The Labute approximate surface area is 134 Å². The molecule has 1 atom stereocenters. The van der Waals surface area contributed by atoms with Crippen LogP contribution in [0.25, 0.3) is 11.0 Å². The van der Waals surface area contributed by atoms with Gasteiger partial charge < -0.3 is 4.74 Å². The fourth-order valence-corrected chi connectivity index (χ4v) is 2.70. The van der Waals surface area contributed by atoms with Crippen LogP contribution in [0.15, 0.2) is 91.3 Å². The molecule has 0 amide bonds. The number of imidazole rings is 1. The number of ether oxygens (including phenoxy) is 1. The minimum Gasteiger partial charge on any atom is -0.466 e. The van der Waals surface area contributed by atoms with Crippen molar-refractivity contribution >= 4 is 11.0 Å². The molecule has 1 heterocycles. The summed E-state index contributed by atoms with van der Waals surface area (Å²) < 4.78 is 8.34. The second-order valence-corrected chi connectivity index (χ2v) is 5.33. The van der Waals surface area contributed by atoms with Crippen LogP contribution in [-0.2, 0) is 0 Å². The lowest BCUT2D eigenvalue weighted by Gasteiger charge is -2.21. The lowest BCUT2D eigenvalue weighted by molar-refractivity contribution is 0.178. The minimum absolute atomic E-state index is 0.258. The second kappa shape index (κ2) is 5.97. The molecule has 4 aromatic rings. The van der Waals surface area contributed by atoms with E-state index in [1.165, 1.54) is 0 Å². The number of benzene rings is 3. The average Bonchev–Trinajstić information content (AvgIpc) is 3.05. The average molecular weight is 300 g/mol. The maximum Gasteiger partial charge on any atom is 0.203 e. The lowest BCUT2D eigenvalue weighted by Crippen LogP contribution is -2.16. The van der Waals surface area contributed by atoms with E-state index in [-0.39, 0.29) is 6.23 Å². The van der Waals surface area contributed by atoms with Gasteiger partial charge in [0.05, 0.1) is 17.4 Å². The van der Waals surface area contributed by atoms with Crippen LogP contribution >= 0.6 is 0 Å². The number of nitrogens with zero attached hydrogens (tertiary/aromatic N) is 2. The van der Waals surface area contributed by atoms with Gasteiger partial charge in [-0.1, -0.05) is 60.7 Å². The summed E-state index contributed by atoms with van der Waals surface area (Å²) in [6.45, 7) is 0. The van der Waals surface area contributed by atoms with Crippen LogP contribution in [-0.4, -0.2) is 9.55 Å². The molecule has 0 radical (unpaired) electrons. The second-order valence-electron chi connectivity index (χ2n) is 5.33. The number of hydrogen-bond donors (Lipinski definition) is 0. The maximum atomic E-state index is 6.28. The van der Waals surface area contributed by atoms with E-state index in [0.717, 1.165) is 22.3 Å². The van der Waals surface area contributed by atoms with Crippen LogP contribution < -0.4 is 4.74 Å². The summed E-state index contributed by atoms with van der Waals surface area (Å²) in [5.41, 5.74) is 3.10. The zero-order valence-electron chi connectivity index (χ0n) is 12.5. The van der Waals surface area contributed by atoms with Crippen molar-refractivity contribution < 1.29 is 4.74 Å². The first-order valence-corrected chi connectivity index (χ1v) is 7.60. The summed E-state index contributed by atoms with van der Waals surface area (Å²) in [7, 11) is 0. The zero-order chi connectivity index (χ0) is 15.5. The quantitative estimate of drug-likeness (QED) is 0.548. The van der Waals surface area contributed by atoms with E-state index in [0.29, 0.717) is 0 Å². The van der Waals surface area contributed by atoms with Gasteiger partial charge >= 0.3 is 0 Å². The molecule has 0 aliphatic rings. The van der Waals surface area contributed by atoms with E-state index >= 15 is 0 Å². The smallest absolute Gasteiger partial charge is 0.203 e. The van der Waals surface area contributed by atoms with Gasteiger partial charge in [0, 0.05) is 5.56 Å². The molecule has 4 rings (SSSR count). The van der Waals surface area contributed by atoms with Crippen molar-refractivity contribution in [2.24, 2.45) is 0 Å². The van der Waals surface area contributed by atoms with Crippen LogP contribution in [0.3, 0.4) is 0 Å². The summed E-state index contributed by atoms with van der Waals surface area (Å²) in [6, 6.07) is 28.2. The molecule has 3 heteroatoms. The van der Waals surface area contributed by atoms with Crippen molar-refractivity contribution in [3.05, 3.63) is 96.8 Å². The summed E-state index contributed by atoms with van der Waals surface area (Å²) in [5, 5.41) is 0. The van der Waals surface area contributed by atoms with E-state index in [1.807, 2.05) is 73.1 Å². The molecular weight excluding hydrogens is 284 g/mol. The Morgan fingerprint density at radius 1 is 0.739 bits per heavy atom. The van der Waals surface area contributed by atoms with E-state index < -0.39 is 0 Å². The molecule has 1 unspecified atom stereocenters. The molecule has 1 aromatic heterocycles. The van der Waals surface area contributed by atoms with Gasteiger partial charge in [-0.05, 0) is 24.3 Å². The van der Waals surface area contributed by atoms with Gasteiger partial charge in [0.2, 0.25) is 6.23 Å². The molecule has 112 valence electrons. The molecule has 3 nitrogen and oxygen atoms in total. The first kappa shape index (κ1) is 13.6. The molecular formula is C20H16N2O. The Kier molecular flexibility index (Phi) is 3.53. The van der Waals surface area contributed by atoms with Gasteiger partial charge in [0.1, 0.15) is 5.75 Å². The molecule has 0 aliphatic heterocycles. The van der Waals surface area contributed by atoms with Crippen molar-refractivity contribution in [3.8, 4) is 5.75 Å². The van der Waals surface area contributed by atoms with Gasteiger partial charge in [0.15, 0.2) is 0 Å². The maximum absolute atomic E-state index is 6.28. The summed E-state index contributed by atoms with van der Waals surface area (Å²) in [5.74, 6) is 0.833. The standard InChI is InChI=1S/C20H16N2O/c1-3-9-16(10-4-1)20(23-17-11-5-2-6-12-17)22-15-21-18-13-7-8-14-19(18)22/h1-15,20H. The largest absolute Gasteiger partial charge is 0.466 e. The van der Waals surface area contributed by atoms with Crippen LogP contribution in [0.1, 0.15) is 11.8 Å². The highest BCUT2D eigenvalue weighted by Gasteiger charge is 2.17. The lowest BCUT2D eigenvalue weighted by atomic mass is 10.2. The predicted octanol–water partition coefficient (Wildman–Crippen LogP) is 4.66. The monoisotopic (exact) mass is 300 g/mol. The van der Waals surface area contributed by atoms with Crippen molar-refractivity contribution in [1.82, 2.24) is 9.55 Å². The Balaban J connectivity index is 1.82. The summed E-state index contributed by atoms with van der Waals surface area (Å²) in [6.07, 6.45) is 1.58. The molecule has 0 aliphatic carbocycles. The fraction of sp³-hybridized carbons (Fsp3) is 0.0500. The molecule has 0 bridgehead atoms. The highest BCUT2D eigenvalue weighted by Crippen LogP contribution is 2.26. The summed E-state index contributed by atoms with van der Waals surface area (Å²) >= 11 is 0. The number of hydrogen-bond acceptors (Lipinski definition) is 2. The van der Waals surface area contributed by atoms with Crippen LogP contribution in [0.2, 0.25) is 0 Å². The Morgan fingerprint density at radius 3 is 2.17 bits per heavy atom. The van der Waals surface area contributed by atoms with Gasteiger partial charge in [0.25, 0.3) is 0 Å². The van der Waals surface area contributed by atoms with Crippen molar-refractivity contribution in [1.29, 1.82) is 0 Å². The van der Waals surface area contributed by atoms with Crippen molar-refractivity contribution in [2.75, 3.05) is 0 Å². The minimum atomic E-state index is -0.258. The van der Waals surface area contributed by atoms with Gasteiger partial charge in [-0.2, -0.15) is 0 Å². The number of aromatic nitrogens is 2. The normalized spacial score (nSPS) is 12.2. The first-order chi connectivity index (χ1) is 11.4. The van der Waals surface area contributed by atoms with Crippen LogP contribution in [0, 0.1) is 0 Å². The van der Waals surface area contributed by atoms with Gasteiger partial charge in [-0.15, -0.1) is 0 Å². The Bertz CT molecular complexity index is 901. The van der Waals surface area contributed by atoms with E-state index in [2.05, 4.69) is 27.8 Å². The number of para-hydroxylation sites is 3. The molecule has 23 heavy (non-hydrogen) atoms. The molecule has 0 saturated heterocycles. The van der Waals surface area contributed by atoms with Crippen LogP contribution in [0.5, 0.6) is 5.75 Å². The van der Waals surface area contributed by atoms with Crippen molar-refractivity contribution in [3.63, 3.8) is 0 Å². The SMILES string of the molecule is c1ccc(OC(c2ccccc2)n2cnc3ccccc32)cc1. The fourth-order valence-electron chi connectivity index (χ4n) is 2.70. The third-order valence-corrected chi connectivity index (χ3v) is 3.81. The Hall–Kier alpha value is -3.07. The van der Waals surface area contributed by atoms with Crippen molar-refractivity contribution in [2.45, 2.75) is 6.23 Å². The van der Waals surface area contributed by atoms with E-state index in [4.69, 9.17) is 4.74 Å².